The Morgan fingerprint density at radius 3 is 1.69 bits per heavy atom. The molecular formula is C53H47N. The molecule has 0 saturated heterocycles. The molecule has 0 bridgehead atoms. The van der Waals surface area contributed by atoms with Gasteiger partial charge in [0.05, 0.1) is 11.4 Å². The van der Waals surface area contributed by atoms with Gasteiger partial charge in [-0.25, -0.2) is 0 Å². The third kappa shape index (κ3) is 4.33. The number of para-hydroxylation sites is 2. The van der Waals surface area contributed by atoms with Gasteiger partial charge in [0.1, 0.15) is 0 Å². The van der Waals surface area contributed by atoms with E-state index in [1.165, 1.54) is 86.8 Å². The zero-order valence-corrected chi connectivity index (χ0v) is 31.6. The van der Waals surface area contributed by atoms with Gasteiger partial charge in [-0.1, -0.05) is 160 Å². The lowest BCUT2D eigenvalue weighted by Gasteiger charge is -2.91. The molecule has 0 aromatic heterocycles. The molecule has 1 spiro atoms. The van der Waals surface area contributed by atoms with Crippen LogP contribution in [0.4, 0.5) is 17.1 Å². The minimum absolute atomic E-state index is 0.0962. The van der Waals surface area contributed by atoms with E-state index in [2.05, 4.69) is 189 Å². The van der Waals surface area contributed by atoms with E-state index in [1.807, 2.05) is 0 Å². The highest BCUT2D eigenvalue weighted by molar-refractivity contribution is 6.04. The van der Waals surface area contributed by atoms with Gasteiger partial charge in [-0.3, -0.25) is 0 Å². The lowest BCUT2D eigenvalue weighted by atomic mass is 9.12. The Kier molecular flexibility index (Phi) is 6.86. The topological polar surface area (TPSA) is 3.24 Å². The molecule has 0 radical (unpaired) electrons. The molecule has 4 aliphatic carbocycles. The number of rotatable bonds is 7. The summed E-state index contributed by atoms with van der Waals surface area (Å²) < 4.78 is 0. The van der Waals surface area contributed by atoms with E-state index in [1.54, 1.807) is 5.56 Å². The van der Waals surface area contributed by atoms with E-state index in [4.69, 9.17) is 0 Å². The fraction of sp³-hybridized carbons (Fsp3) is 0.245. The van der Waals surface area contributed by atoms with Crippen molar-refractivity contribution in [1.29, 1.82) is 0 Å². The van der Waals surface area contributed by atoms with E-state index in [-0.39, 0.29) is 5.41 Å². The van der Waals surface area contributed by atoms with E-state index in [0.717, 1.165) is 23.4 Å². The SMILES string of the molecule is CC(C)(C)c1ccc(-c2ccccc2N(c2ccc(-c3ccccc3)cc2)c2ccccc2-c2cccc3cccc(C45CC6CC7CC(C4)C765)c23)cc1. The maximum absolute atomic E-state index is 2.52. The van der Waals surface area contributed by atoms with Crippen LogP contribution < -0.4 is 4.90 Å². The van der Waals surface area contributed by atoms with Gasteiger partial charge in [-0.15, -0.1) is 0 Å². The van der Waals surface area contributed by atoms with E-state index in [9.17, 15) is 0 Å². The van der Waals surface area contributed by atoms with Crippen LogP contribution in [0, 0.1) is 23.2 Å². The van der Waals surface area contributed by atoms with Crippen molar-refractivity contribution in [3.05, 3.63) is 175 Å². The van der Waals surface area contributed by atoms with Crippen molar-refractivity contribution in [2.45, 2.75) is 57.3 Å². The molecule has 0 heterocycles. The molecule has 264 valence electrons. The smallest absolute Gasteiger partial charge is 0.0540 e. The van der Waals surface area contributed by atoms with Crippen LogP contribution in [0.2, 0.25) is 0 Å². The summed E-state index contributed by atoms with van der Waals surface area (Å²) in [6.45, 7) is 6.86. The molecule has 4 aliphatic rings. The first-order chi connectivity index (χ1) is 26.4. The maximum atomic E-state index is 2.52. The lowest BCUT2D eigenvalue weighted by molar-refractivity contribution is -0.394. The summed E-state index contributed by atoms with van der Waals surface area (Å²) in [6, 6.07) is 61.5. The van der Waals surface area contributed by atoms with E-state index in [0.29, 0.717) is 10.8 Å². The fourth-order valence-electron chi connectivity index (χ4n) is 12.2. The number of nitrogens with zero attached hydrogens (tertiary/aromatic N) is 1. The average Bonchev–Trinajstić information content (AvgIpc) is 3.17. The monoisotopic (exact) mass is 697 g/mol. The molecule has 1 nitrogen and oxygen atoms in total. The second kappa shape index (κ2) is 11.6. The molecule has 0 N–H and O–H groups in total. The molecule has 2 atom stereocenters. The van der Waals surface area contributed by atoms with Crippen LogP contribution in [0.15, 0.2) is 164 Å². The van der Waals surface area contributed by atoms with Gasteiger partial charge in [-0.05, 0) is 123 Å². The highest BCUT2D eigenvalue weighted by Gasteiger charge is 2.87. The number of anilines is 3. The molecule has 11 rings (SSSR count). The zero-order chi connectivity index (χ0) is 36.2. The maximum Gasteiger partial charge on any atom is 0.0540 e. The van der Waals surface area contributed by atoms with Crippen molar-refractivity contribution < 1.29 is 0 Å². The molecule has 4 fully saturated rings. The lowest BCUT2D eigenvalue weighted by Crippen LogP contribution is -2.87. The molecule has 4 saturated carbocycles. The fourth-order valence-corrected chi connectivity index (χ4v) is 12.2. The van der Waals surface area contributed by atoms with Gasteiger partial charge in [0.2, 0.25) is 0 Å². The Morgan fingerprint density at radius 2 is 1.04 bits per heavy atom. The molecule has 7 aromatic carbocycles. The first-order valence-electron chi connectivity index (χ1n) is 20.1. The molecular weight excluding hydrogens is 651 g/mol. The summed E-state index contributed by atoms with van der Waals surface area (Å²) in [5.41, 5.74) is 15.1. The van der Waals surface area contributed by atoms with Crippen LogP contribution >= 0.6 is 0 Å². The third-order valence-electron chi connectivity index (χ3n) is 14.5. The molecule has 54 heavy (non-hydrogen) atoms. The first-order valence-corrected chi connectivity index (χ1v) is 20.1. The standard InChI is InChI=1S/C53H47N/c1-51(2,3)39-27-23-37(24-28-39)44-17-7-9-21-48(44)54(43-29-25-36(26-30-43)35-13-5-4-6-14-35)49-22-10-8-18-45(49)46-19-11-15-38-16-12-20-47(50(38)46)52-33-41-31-40-32-42(34-52)53(40,41)52/h4-30,40-42H,31-34H2,1-3H3. The van der Waals surface area contributed by atoms with Crippen molar-refractivity contribution in [3.8, 4) is 33.4 Å². The molecule has 7 aromatic rings. The van der Waals surface area contributed by atoms with E-state index < -0.39 is 0 Å². The summed E-state index contributed by atoms with van der Waals surface area (Å²) in [7, 11) is 0. The summed E-state index contributed by atoms with van der Waals surface area (Å²) >= 11 is 0. The summed E-state index contributed by atoms with van der Waals surface area (Å²) in [5.74, 6) is 2.90. The summed E-state index contributed by atoms with van der Waals surface area (Å²) in [6.07, 6.45) is 5.73. The zero-order valence-electron chi connectivity index (χ0n) is 31.6. The average molecular weight is 698 g/mol. The number of hydrogen-bond donors (Lipinski definition) is 0. The second-order valence-electron chi connectivity index (χ2n) is 17.8. The van der Waals surface area contributed by atoms with Gasteiger partial charge in [0.25, 0.3) is 0 Å². The number of fused-ring (bicyclic) bond motifs is 1. The highest BCUT2D eigenvalue weighted by atomic mass is 15.1. The van der Waals surface area contributed by atoms with Gasteiger partial charge in [0.15, 0.2) is 0 Å². The summed E-state index contributed by atoms with van der Waals surface area (Å²) in [5, 5.41) is 2.84. The summed E-state index contributed by atoms with van der Waals surface area (Å²) in [4.78, 5) is 2.52. The van der Waals surface area contributed by atoms with E-state index >= 15 is 0 Å². The Balaban J connectivity index is 1.11. The van der Waals surface area contributed by atoms with Crippen molar-refractivity contribution in [3.63, 3.8) is 0 Å². The minimum atomic E-state index is 0.0962. The first kappa shape index (κ1) is 32.1. The Bertz CT molecular complexity index is 2520. The van der Waals surface area contributed by atoms with Crippen molar-refractivity contribution >= 4 is 27.8 Å². The predicted molar refractivity (Wildman–Crippen MR) is 227 cm³/mol. The quantitative estimate of drug-likeness (QED) is 0.160. The minimum Gasteiger partial charge on any atom is -0.309 e. The van der Waals surface area contributed by atoms with Gasteiger partial charge in [-0.2, -0.15) is 0 Å². The Hall–Kier alpha value is -5.40. The van der Waals surface area contributed by atoms with Crippen molar-refractivity contribution in [1.82, 2.24) is 0 Å². The highest BCUT2D eigenvalue weighted by Crippen LogP contribution is 2.93. The van der Waals surface area contributed by atoms with Gasteiger partial charge >= 0.3 is 0 Å². The van der Waals surface area contributed by atoms with Crippen LogP contribution in [-0.4, -0.2) is 0 Å². The number of benzene rings is 7. The van der Waals surface area contributed by atoms with Crippen LogP contribution in [0.3, 0.4) is 0 Å². The number of hydrogen-bond acceptors (Lipinski definition) is 1. The van der Waals surface area contributed by atoms with Crippen LogP contribution in [0.1, 0.15) is 57.6 Å². The predicted octanol–water partition coefficient (Wildman–Crippen LogP) is 14.3. The van der Waals surface area contributed by atoms with Crippen molar-refractivity contribution in [2.75, 3.05) is 4.90 Å². The Labute approximate surface area is 320 Å². The normalized spacial score (nSPS) is 24.6. The second-order valence-corrected chi connectivity index (χ2v) is 17.8. The molecule has 0 amide bonds. The molecule has 0 aliphatic heterocycles. The van der Waals surface area contributed by atoms with Gasteiger partial charge in [0, 0.05) is 22.2 Å². The largest absolute Gasteiger partial charge is 0.309 e. The van der Waals surface area contributed by atoms with Crippen LogP contribution in [0.25, 0.3) is 44.2 Å². The Morgan fingerprint density at radius 1 is 0.481 bits per heavy atom. The van der Waals surface area contributed by atoms with Crippen LogP contribution in [0.5, 0.6) is 0 Å². The third-order valence-corrected chi connectivity index (χ3v) is 14.5. The van der Waals surface area contributed by atoms with Crippen LogP contribution in [-0.2, 0) is 10.8 Å². The van der Waals surface area contributed by atoms with Gasteiger partial charge < -0.3 is 4.90 Å². The van der Waals surface area contributed by atoms with Crippen molar-refractivity contribution in [2.24, 2.45) is 23.2 Å². The molecule has 1 heteroatoms. The molecule has 2 unspecified atom stereocenters.